The van der Waals surface area contributed by atoms with Gasteiger partial charge in [0, 0.05) is 22.0 Å². The second-order valence-corrected chi connectivity index (χ2v) is 9.47. The summed E-state index contributed by atoms with van der Waals surface area (Å²) < 4.78 is 5.04. The van der Waals surface area contributed by atoms with Gasteiger partial charge in [-0.25, -0.2) is 4.79 Å². The molecule has 0 heterocycles. The minimum absolute atomic E-state index is 0.0144. The molecule has 0 saturated heterocycles. The number of nitrogens with zero attached hydrogens (tertiary/aromatic N) is 1. The molecule has 0 aliphatic rings. The summed E-state index contributed by atoms with van der Waals surface area (Å²) in [4.78, 5) is 28.9. The number of anilines is 1. The van der Waals surface area contributed by atoms with E-state index in [-0.39, 0.29) is 24.5 Å². The first-order chi connectivity index (χ1) is 17.0. The van der Waals surface area contributed by atoms with E-state index in [1.165, 1.54) is 0 Å². The Morgan fingerprint density at radius 2 is 1.69 bits per heavy atom. The van der Waals surface area contributed by atoms with Gasteiger partial charge in [-0.05, 0) is 67.8 Å². The van der Waals surface area contributed by atoms with Crippen LogP contribution >= 0.6 is 11.8 Å². The zero-order chi connectivity index (χ0) is 25.0. The van der Waals surface area contributed by atoms with E-state index in [2.05, 4.69) is 31.3 Å². The van der Waals surface area contributed by atoms with E-state index in [0.29, 0.717) is 13.2 Å². The molecule has 0 aliphatic carbocycles. The van der Waals surface area contributed by atoms with Crippen molar-refractivity contribution in [2.75, 3.05) is 18.5 Å². The molecule has 0 radical (unpaired) electrons. The normalized spacial score (nSPS) is 11.5. The Balaban J connectivity index is 1.63. The van der Waals surface area contributed by atoms with Crippen molar-refractivity contribution in [3.05, 3.63) is 90.0 Å². The van der Waals surface area contributed by atoms with Crippen LogP contribution in [-0.4, -0.2) is 30.1 Å². The van der Waals surface area contributed by atoms with Crippen molar-refractivity contribution in [3.63, 3.8) is 0 Å². The minimum Gasteiger partial charge on any atom is -0.466 e. The lowest BCUT2D eigenvalue weighted by atomic mass is 10.1. The first-order valence-corrected chi connectivity index (χ1v) is 13.0. The zero-order valence-corrected chi connectivity index (χ0v) is 21.5. The van der Waals surface area contributed by atoms with Gasteiger partial charge >= 0.3 is 12.0 Å². The summed E-state index contributed by atoms with van der Waals surface area (Å²) in [5.41, 5.74) is 2.81. The molecule has 184 valence electrons. The average Bonchev–Trinajstić information content (AvgIpc) is 2.86. The molecule has 0 fully saturated rings. The first kappa shape index (κ1) is 26.4. The number of urea groups is 1. The third-order valence-electron chi connectivity index (χ3n) is 5.66. The molecule has 0 aliphatic heterocycles. The number of carbonyl (C=O) groups is 2. The topological polar surface area (TPSA) is 58.6 Å². The molecule has 1 N–H and O–H groups in total. The third-order valence-corrected chi connectivity index (χ3v) is 6.65. The average molecular weight is 491 g/mol. The predicted molar refractivity (Wildman–Crippen MR) is 143 cm³/mol. The Labute approximate surface area is 212 Å². The number of esters is 1. The fourth-order valence-electron chi connectivity index (χ4n) is 3.75. The molecule has 6 heteroatoms. The molecule has 2 amide bonds. The Kier molecular flexibility index (Phi) is 10.2. The highest BCUT2D eigenvalue weighted by atomic mass is 32.2. The maximum absolute atomic E-state index is 13.2. The summed E-state index contributed by atoms with van der Waals surface area (Å²) >= 11 is 1.61. The summed E-state index contributed by atoms with van der Waals surface area (Å²) in [6, 6.07) is 25.8. The van der Waals surface area contributed by atoms with Gasteiger partial charge < -0.3 is 15.0 Å². The number of hydrogen-bond donors (Lipinski definition) is 1. The van der Waals surface area contributed by atoms with Crippen LogP contribution in [0.3, 0.4) is 0 Å². The number of rotatable bonds is 11. The molecule has 0 saturated carbocycles. The van der Waals surface area contributed by atoms with E-state index < -0.39 is 0 Å². The number of carbonyl (C=O) groups excluding carboxylic acids is 2. The van der Waals surface area contributed by atoms with Crippen LogP contribution in [0.1, 0.15) is 50.8 Å². The van der Waals surface area contributed by atoms with Crippen LogP contribution in [0.2, 0.25) is 0 Å². The lowest BCUT2D eigenvalue weighted by Gasteiger charge is -2.30. The van der Waals surface area contributed by atoms with E-state index in [4.69, 9.17) is 4.74 Å². The van der Waals surface area contributed by atoms with Gasteiger partial charge in [0.1, 0.15) is 0 Å². The van der Waals surface area contributed by atoms with Crippen molar-refractivity contribution in [2.24, 2.45) is 0 Å². The predicted octanol–water partition coefficient (Wildman–Crippen LogP) is 7.34. The molecule has 1 atom stereocenters. The zero-order valence-electron chi connectivity index (χ0n) is 20.7. The van der Waals surface area contributed by atoms with E-state index in [1.54, 1.807) is 11.8 Å². The van der Waals surface area contributed by atoms with Gasteiger partial charge in [-0.2, -0.15) is 0 Å². The molecule has 35 heavy (non-hydrogen) atoms. The van der Waals surface area contributed by atoms with Crippen LogP contribution in [0, 0.1) is 0 Å². The van der Waals surface area contributed by atoms with Crippen molar-refractivity contribution in [1.82, 2.24) is 4.90 Å². The molecular formula is C29H34N2O3S. The number of amides is 2. The SMILES string of the molecule is CCCCN(C(=O)Nc1ccc(Sc2cccc(CC(=O)OCC)c2)cc1)C(C)c1ccccc1. The van der Waals surface area contributed by atoms with E-state index in [9.17, 15) is 9.59 Å². The molecule has 3 rings (SSSR count). The largest absolute Gasteiger partial charge is 0.466 e. The van der Waals surface area contributed by atoms with Crippen LogP contribution in [0.4, 0.5) is 10.5 Å². The van der Waals surface area contributed by atoms with Gasteiger partial charge in [-0.3, -0.25) is 4.79 Å². The van der Waals surface area contributed by atoms with Crippen molar-refractivity contribution >= 4 is 29.4 Å². The number of ether oxygens (including phenoxy) is 1. The maximum atomic E-state index is 13.2. The van der Waals surface area contributed by atoms with Crippen LogP contribution < -0.4 is 5.32 Å². The van der Waals surface area contributed by atoms with Crippen LogP contribution in [0.15, 0.2) is 88.7 Å². The van der Waals surface area contributed by atoms with Gasteiger partial charge in [0.15, 0.2) is 0 Å². The molecule has 0 spiro atoms. The summed E-state index contributed by atoms with van der Waals surface area (Å²) in [7, 11) is 0. The highest BCUT2D eigenvalue weighted by Gasteiger charge is 2.21. The molecule has 3 aromatic rings. The van der Waals surface area contributed by atoms with Gasteiger partial charge in [0.2, 0.25) is 0 Å². The summed E-state index contributed by atoms with van der Waals surface area (Å²) in [5.74, 6) is -0.218. The molecule has 3 aromatic carbocycles. The quantitative estimate of drug-likeness (QED) is 0.286. The van der Waals surface area contributed by atoms with E-state index in [1.807, 2.05) is 78.6 Å². The fraction of sp³-hybridized carbons (Fsp3) is 0.310. The van der Waals surface area contributed by atoms with Gasteiger partial charge in [0.05, 0.1) is 19.1 Å². The third kappa shape index (κ3) is 8.18. The van der Waals surface area contributed by atoms with Crippen molar-refractivity contribution in [1.29, 1.82) is 0 Å². The molecule has 0 bridgehead atoms. The van der Waals surface area contributed by atoms with E-state index >= 15 is 0 Å². The Morgan fingerprint density at radius 1 is 0.943 bits per heavy atom. The Hall–Kier alpha value is -3.25. The lowest BCUT2D eigenvalue weighted by Crippen LogP contribution is -2.37. The van der Waals surface area contributed by atoms with Gasteiger partial charge in [-0.1, -0.05) is 67.6 Å². The number of benzene rings is 3. The van der Waals surface area contributed by atoms with Crippen molar-refractivity contribution in [2.45, 2.75) is 55.9 Å². The van der Waals surface area contributed by atoms with Crippen molar-refractivity contribution in [3.8, 4) is 0 Å². The summed E-state index contributed by atoms with van der Waals surface area (Å²) in [6.45, 7) is 7.10. The van der Waals surface area contributed by atoms with Gasteiger partial charge in [0.25, 0.3) is 0 Å². The maximum Gasteiger partial charge on any atom is 0.322 e. The summed E-state index contributed by atoms with van der Waals surface area (Å²) in [5, 5.41) is 3.06. The van der Waals surface area contributed by atoms with Crippen LogP contribution in [0.25, 0.3) is 0 Å². The highest BCUT2D eigenvalue weighted by molar-refractivity contribution is 7.99. The number of hydrogen-bond acceptors (Lipinski definition) is 4. The van der Waals surface area contributed by atoms with Crippen molar-refractivity contribution < 1.29 is 14.3 Å². The first-order valence-electron chi connectivity index (χ1n) is 12.1. The summed E-state index contributed by atoms with van der Waals surface area (Å²) in [6.07, 6.45) is 2.25. The van der Waals surface area contributed by atoms with Gasteiger partial charge in [-0.15, -0.1) is 0 Å². The Morgan fingerprint density at radius 3 is 2.37 bits per heavy atom. The lowest BCUT2D eigenvalue weighted by molar-refractivity contribution is -0.142. The molecule has 5 nitrogen and oxygen atoms in total. The molecule has 1 unspecified atom stereocenters. The Bertz CT molecular complexity index is 1090. The number of unbranched alkanes of at least 4 members (excludes halogenated alkanes) is 1. The van der Waals surface area contributed by atoms with Crippen LogP contribution in [-0.2, 0) is 16.0 Å². The number of nitrogens with one attached hydrogen (secondary N) is 1. The standard InChI is InChI=1S/C29H34N2O3S/c1-4-6-19-31(22(3)24-12-8-7-9-13-24)29(33)30-25-15-17-26(18-16-25)35-27-14-10-11-23(20-27)21-28(32)34-5-2/h7-18,20,22H,4-6,19,21H2,1-3H3,(H,30,33). The second-order valence-electron chi connectivity index (χ2n) is 8.32. The minimum atomic E-state index is -0.218. The van der Waals surface area contributed by atoms with Crippen LogP contribution in [0.5, 0.6) is 0 Å². The second kappa shape index (κ2) is 13.6. The molecular weight excluding hydrogens is 456 g/mol. The molecule has 0 aromatic heterocycles. The smallest absolute Gasteiger partial charge is 0.322 e. The fourth-order valence-corrected chi connectivity index (χ4v) is 4.65. The van der Waals surface area contributed by atoms with E-state index in [0.717, 1.165) is 39.4 Å². The highest BCUT2D eigenvalue weighted by Crippen LogP contribution is 2.30. The monoisotopic (exact) mass is 490 g/mol.